The van der Waals surface area contributed by atoms with Crippen molar-refractivity contribution in [2.75, 3.05) is 0 Å². The van der Waals surface area contributed by atoms with Gasteiger partial charge in [-0.15, -0.1) is 0 Å². The van der Waals surface area contributed by atoms with Crippen LogP contribution >= 0.6 is 0 Å². The second-order valence-corrected chi connectivity index (χ2v) is 2.37. The number of hydrogen-bond acceptors (Lipinski definition) is 1. The first-order chi connectivity index (χ1) is 2.00. The van der Waals surface area contributed by atoms with Crippen LogP contribution in [0.15, 0.2) is 0 Å². The fourth-order valence-corrected chi connectivity index (χ4v) is 0. The maximum atomic E-state index is 5.35. The summed E-state index contributed by atoms with van der Waals surface area (Å²) in [6.07, 6.45) is 0. The Balaban J connectivity index is 0. The first-order valence-electron chi connectivity index (χ1n) is 1.79. The molecule has 0 saturated carbocycles. The van der Waals surface area contributed by atoms with Crippen LogP contribution in [-0.4, -0.2) is 35.1 Å². The number of nitrogens with two attached hydrogens (primary N) is 1. The third-order valence-electron chi connectivity index (χ3n) is 0. The van der Waals surface area contributed by atoms with Crippen LogP contribution in [0.2, 0.25) is 0 Å². The zero-order valence-corrected chi connectivity index (χ0v) is 4.08. The Morgan fingerprint density at radius 3 is 1.17 bits per heavy atom. The molecule has 0 rings (SSSR count). The van der Waals surface area contributed by atoms with Crippen molar-refractivity contribution in [1.82, 2.24) is 0 Å². The second-order valence-electron chi connectivity index (χ2n) is 2.37. The second kappa shape index (κ2) is 3.03. The quantitative estimate of drug-likeness (QED) is 0.426. The predicted molar refractivity (Wildman–Crippen MR) is 31.1 cm³/mol. The Morgan fingerprint density at radius 1 is 1.17 bits per heavy atom. The summed E-state index contributed by atoms with van der Waals surface area (Å²) in [5, 5.41) is 0. The van der Waals surface area contributed by atoms with Gasteiger partial charge in [-0.2, -0.15) is 0 Å². The van der Waals surface area contributed by atoms with Crippen molar-refractivity contribution in [2.45, 2.75) is 26.3 Å². The molecule has 0 amide bonds. The first-order valence-corrected chi connectivity index (χ1v) is 1.79. The molecule has 0 unspecified atom stereocenters. The van der Waals surface area contributed by atoms with E-state index in [-0.39, 0.29) is 35.1 Å². The molecule has 0 atom stereocenters. The summed E-state index contributed by atoms with van der Waals surface area (Å²) in [5.74, 6) is 0. The Bertz CT molecular complexity index is 23.0. The Kier molecular flexibility index (Phi) is 5.07. The van der Waals surface area contributed by atoms with Crippen molar-refractivity contribution in [1.29, 1.82) is 0 Å². The van der Waals surface area contributed by atoms with Crippen LogP contribution in [0.5, 0.6) is 0 Å². The van der Waals surface area contributed by atoms with Gasteiger partial charge >= 0.3 is 29.6 Å². The van der Waals surface area contributed by atoms with E-state index in [2.05, 4.69) is 0 Å². The fraction of sp³-hybridized carbons (Fsp3) is 1.00. The topological polar surface area (TPSA) is 26.0 Å². The molecule has 0 fully saturated rings. The molecule has 0 radical (unpaired) electrons. The molecular weight excluding hydrogens is 85.0 g/mol. The normalized spacial score (nSPS) is 10.0. The van der Waals surface area contributed by atoms with Crippen molar-refractivity contribution in [2.24, 2.45) is 5.73 Å². The number of hydrogen-bond donors (Lipinski definition) is 1. The monoisotopic (exact) mass is 97.1 g/mol. The van der Waals surface area contributed by atoms with E-state index in [9.17, 15) is 0 Å². The average molecular weight is 97.1 g/mol. The predicted octanol–water partition coefficient (Wildman–Crippen LogP) is 0.0951. The van der Waals surface area contributed by atoms with E-state index < -0.39 is 0 Å². The molecule has 0 heterocycles. The van der Waals surface area contributed by atoms with E-state index >= 15 is 0 Å². The van der Waals surface area contributed by atoms with E-state index in [4.69, 9.17) is 5.73 Å². The summed E-state index contributed by atoms with van der Waals surface area (Å²) in [7, 11) is 0. The molecule has 0 aliphatic rings. The van der Waals surface area contributed by atoms with Gasteiger partial charge in [0.05, 0.1) is 0 Å². The van der Waals surface area contributed by atoms with Crippen LogP contribution < -0.4 is 5.73 Å². The van der Waals surface area contributed by atoms with Gasteiger partial charge in [0.15, 0.2) is 0 Å². The molecule has 2 N–H and O–H groups in total. The van der Waals surface area contributed by atoms with Gasteiger partial charge in [0.25, 0.3) is 0 Å². The molecule has 0 aliphatic heterocycles. The summed E-state index contributed by atoms with van der Waals surface area (Å²) in [5.41, 5.74) is 5.35. The van der Waals surface area contributed by atoms with E-state index in [1.807, 2.05) is 20.8 Å². The first kappa shape index (κ1) is 10.0. The Hall–Kier alpha value is 0.960. The third-order valence-corrected chi connectivity index (χ3v) is 0. The van der Waals surface area contributed by atoms with Crippen LogP contribution in [0.1, 0.15) is 20.8 Å². The molecule has 0 aliphatic carbocycles. The minimum atomic E-state index is 0. The number of rotatable bonds is 0. The Morgan fingerprint density at radius 2 is 1.17 bits per heavy atom. The van der Waals surface area contributed by atoms with Gasteiger partial charge in [0.1, 0.15) is 0 Å². The van der Waals surface area contributed by atoms with Crippen LogP contribution in [0.25, 0.3) is 0 Å². The maximum absolute atomic E-state index is 5.35. The molecule has 0 spiro atoms. The molecule has 0 aromatic heterocycles. The van der Waals surface area contributed by atoms with Crippen LogP contribution in [0, 0.1) is 0 Å². The summed E-state index contributed by atoms with van der Waals surface area (Å²) in [4.78, 5) is 0. The van der Waals surface area contributed by atoms with Crippen molar-refractivity contribution >= 4 is 29.6 Å². The fourth-order valence-electron chi connectivity index (χ4n) is 0. The SMILES string of the molecule is CC(C)(C)N.[NaH]. The van der Waals surface area contributed by atoms with Crippen molar-refractivity contribution in [3.05, 3.63) is 0 Å². The van der Waals surface area contributed by atoms with Gasteiger partial charge in [0, 0.05) is 5.54 Å². The summed E-state index contributed by atoms with van der Waals surface area (Å²) in [6, 6.07) is 0. The van der Waals surface area contributed by atoms with Gasteiger partial charge in [-0.25, -0.2) is 0 Å². The van der Waals surface area contributed by atoms with Gasteiger partial charge < -0.3 is 5.73 Å². The van der Waals surface area contributed by atoms with Gasteiger partial charge in [-0.05, 0) is 20.8 Å². The van der Waals surface area contributed by atoms with Crippen molar-refractivity contribution in [3.63, 3.8) is 0 Å². The zero-order chi connectivity index (χ0) is 4.50. The summed E-state index contributed by atoms with van der Waals surface area (Å²) >= 11 is 0. The standard InChI is InChI=1S/C4H11N.Na.H/c1-4(2,3)5;;/h5H2,1-3H3;;. The molecule has 6 heavy (non-hydrogen) atoms. The van der Waals surface area contributed by atoms with E-state index in [0.29, 0.717) is 0 Å². The summed E-state index contributed by atoms with van der Waals surface area (Å²) < 4.78 is 0. The van der Waals surface area contributed by atoms with Crippen molar-refractivity contribution < 1.29 is 0 Å². The van der Waals surface area contributed by atoms with Crippen LogP contribution in [-0.2, 0) is 0 Å². The minimum absolute atomic E-state index is 0. The molecular formula is C4H12NNa. The summed E-state index contributed by atoms with van der Waals surface area (Å²) in [6.45, 7) is 5.90. The van der Waals surface area contributed by atoms with Crippen LogP contribution in [0.3, 0.4) is 0 Å². The molecule has 2 heteroatoms. The van der Waals surface area contributed by atoms with E-state index in [1.165, 1.54) is 0 Å². The molecule has 0 saturated heterocycles. The van der Waals surface area contributed by atoms with E-state index in [0.717, 1.165) is 0 Å². The van der Waals surface area contributed by atoms with Crippen molar-refractivity contribution in [3.8, 4) is 0 Å². The third kappa shape index (κ3) is 84.4. The van der Waals surface area contributed by atoms with Gasteiger partial charge in [0.2, 0.25) is 0 Å². The zero-order valence-electron chi connectivity index (χ0n) is 4.08. The average Bonchev–Trinajstić information content (AvgIpc) is 0.722. The van der Waals surface area contributed by atoms with Gasteiger partial charge in [-0.3, -0.25) is 0 Å². The molecule has 0 aromatic rings. The molecule has 0 bridgehead atoms. The Labute approximate surface area is 61.6 Å². The van der Waals surface area contributed by atoms with Gasteiger partial charge in [-0.1, -0.05) is 0 Å². The molecule has 34 valence electrons. The van der Waals surface area contributed by atoms with E-state index in [1.54, 1.807) is 0 Å². The van der Waals surface area contributed by atoms with Crippen LogP contribution in [0.4, 0.5) is 0 Å². The molecule has 1 nitrogen and oxygen atoms in total. The molecule has 0 aromatic carbocycles.